The van der Waals surface area contributed by atoms with Gasteiger partial charge >= 0.3 is 0 Å². The van der Waals surface area contributed by atoms with Crippen LogP contribution in [0.1, 0.15) is 37.7 Å². The molecule has 0 amide bonds. The number of rotatable bonds is 4. The van der Waals surface area contributed by atoms with Gasteiger partial charge in [0.05, 0.1) is 0 Å². The number of anilines is 1. The van der Waals surface area contributed by atoms with Crippen LogP contribution in [0.15, 0.2) is 18.3 Å². The van der Waals surface area contributed by atoms with Gasteiger partial charge in [-0.3, -0.25) is 4.90 Å². The van der Waals surface area contributed by atoms with Gasteiger partial charge in [-0.05, 0) is 63.5 Å². The van der Waals surface area contributed by atoms with E-state index in [1.807, 2.05) is 12.3 Å². The molecule has 2 saturated heterocycles. The molecule has 21 heavy (non-hydrogen) atoms. The van der Waals surface area contributed by atoms with Crippen molar-refractivity contribution in [3.8, 4) is 0 Å². The van der Waals surface area contributed by atoms with Crippen molar-refractivity contribution in [1.82, 2.24) is 14.8 Å². The molecule has 0 aliphatic carbocycles. The van der Waals surface area contributed by atoms with E-state index in [2.05, 4.69) is 26.3 Å². The molecule has 2 fully saturated rings. The number of nitrogens with zero attached hydrogens (tertiary/aromatic N) is 3. The van der Waals surface area contributed by atoms with Crippen LogP contribution in [-0.4, -0.2) is 47.0 Å². The average Bonchev–Trinajstić information content (AvgIpc) is 2.57. The van der Waals surface area contributed by atoms with Gasteiger partial charge in [0.2, 0.25) is 0 Å². The van der Waals surface area contributed by atoms with Gasteiger partial charge in [0.25, 0.3) is 0 Å². The van der Waals surface area contributed by atoms with Crippen LogP contribution in [-0.2, 0) is 6.54 Å². The molecule has 0 radical (unpaired) electrons. The highest BCUT2D eigenvalue weighted by Gasteiger charge is 2.25. The van der Waals surface area contributed by atoms with Crippen LogP contribution in [0.2, 0.25) is 0 Å². The van der Waals surface area contributed by atoms with Gasteiger partial charge < -0.3 is 10.3 Å². The van der Waals surface area contributed by atoms with E-state index in [0.29, 0.717) is 0 Å². The number of hydrogen-bond acceptors (Lipinski definition) is 5. The van der Waals surface area contributed by atoms with E-state index in [1.54, 1.807) is 0 Å². The van der Waals surface area contributed by atoms with E-state index >= 15 is 0 Å². The molecule has 0 aromatic carbocycles. The number of hydrogen-bond donors (Lipinski definition) is 2. The fourth-order valence-electron chi connectivity index (χ4n) is 3.59. The average molecular weight is 289 g/mol. The zero-order valence-electron chi connectivity index (χ0n) is 12.8. The molecule has 0 unspecified atom stereocenters. The second-order valence-corrected chi connectivity index (χ2v) is 6.30. The molecule has 5 nitrogen and oxygen atoms in total. The van der Waals surface area contributed by atoms with E-state index in [9.17, 15) is 0 Å². The monoisotopic (exact) mass is 289 g/mol. The highest BCUT2D eigenvalue weighted by atomic mass is 15.2. The summed E-state index contributed by atoms with van der Waals surface area (Å²) < 4.78 is 0. The van der Waals surface area contributed by atoms with Gasteiger partial charge in [0.15, 0.2) is 0 Å². The highest BCUT2D eigenvalue weighted by Crippen LogP contribution is 2.21. The summed E-state index contributed by atoms with van der Waals surface area (Å²) in [6.45, 7) is 6.06. The minimum Gasteiger partial charge on any atom is -0.308 e. The molecule has 0 saturated carbocycles. The van der Waals surface area contributed by atoms with Crippen molar-refractivity contribution in [1.29, 1.82) is 0 Å². The number of pyridine rings is 1. The smallest absolute Gasteiger partial charge is 0.139 e. The molecule has 116 valence electrons. The third-order valence-electron chi connectivity index (χ3n) is 4.84. The van der Waals surface area contributed by atoms with Gasteiger partial charge in [-0.2, -0.15) is 0 Å². The Morgan fingerprint density at radius 3 is 2.48 bits per heavy atom. The zero-order valence-corrected chi connectivity index (χ0v) is 12.8. The van der Waals surface area contributed by atoms with Crippen LogP contribution < -0.4 is 11.3 Å². The molecular formula is C16H27N5. The largest absolute Gasteiger partial charge is 0.308 e. The first-order valence-corrected chi connectivity index (χ1v) is 8.23. The van der Waals surface area contributed by atoms with Crippen molar-refractivity contribution in [2.45, 2.75) is 44.7 Å². The molecule has 5 heteroatoms. The molecule has 1 aromatic rings. The van der Waals surface area contributed by atoms with Gasteiger partial charge in [-0.1, -0.05) is 12.5 Å². The Kier molecular flexibility index (Phi) is 5.06. The zero-order chi connectivity index (χ0) is 14.5. The Balaban J connectivity index is 1.46. The fourth-order valence-corrected chi connectivity index (χ4v) is 3.59. The lowest BCUT2D eigenvalue weighted by Crippen LogP contribution is -2.46. The molecule has 3 rings (SSSR count). The van der Waals surface area contributed by atoms with Crippen molar-refractivity contribution in [3.05, 3.63) is 23.9 Å². The van der Waals surface area contributed by atoms with Crippen molar-refractivity contribution >= 4 is 5.82 Å². The van der Waals surface area contributed by atoms with E-state index in [1.165, 1.54) is 63.8 Å². The van der Waals surface area contributed by atoms with Crippen LogP contribution >= 0.6 is 0 Å². The summed E-state index contributed by atoms with van der Waals surface area (Å²) in [4.78, 5) is 9.55. The Morgan fingerprint density at radius 1 is 1.10 bits per heavy atom. The summed E-state index contributed by atoms with van der Waals surface area (Å²) in [5.41, 5.74) is 3.84. The summed E-state index contributed by atoms with van der Waals surface area (Å²) >= 11 is 0. The lowest BCUT2D eigenvalue weighted by atomic mass is 9.99. The molecule has 0 atom stereocenters. The molecule has 0 spiro atoms. The van der Waals surface area contributed by atoms with Crippen molar-refractivity contribution in [3.63, 3.8) is 0 Å². The standard InChI is InChI=1S/C16H27N5/c17-19-16-5-4-14(12-18-16)13-20-10-6-15(7-11-20)21-8-2-1-3-9-21/h4-5,12,15H,1-3,6-11,13,17H2,(H,18,19). The molecule has 2 aliphatic rings. The van der Waals surface area contributed by atoms with Crippen LogP contribution in [0, 0.1) is 0 Å². The second kappa shape index (κ2) is 7.20. The minimum atomic E-state index is 0.725. The van der Waals surface area contributed by atoms with Gasteiger partial charge in [-0.25, -0.2) is 10.8 Å². The normalized spacial score (nSPS) is 22.3. The quantitative estimate of drug-likeness (QED) is 0.654. The third-order valence-corrected chi connectivity index (χ3v) is 4.84. The number of nitrogen functional groups attached to an aromatic ring is 1. The van der Waals surface area contributed by atoms with Gasteiger partial charge in [-0.15, -0.1) is 0 Å². The maximum atomic E-state index is 5.34. The maximum Gasteiger partial charge on any atom is 0.139 e. The number of nitrogens with two attached hydrogens (primary N) is 1. The van der Waals surface area contributed by atoms with Crippen molar-refractivity contribution < 1.29 is 0 Å². The number of likely N-dealkylation sites (tertiary alicyclic amines) is 2. The summed E-state index contributed by atoms with van der Waals surface area (Å²) in [6.07, 6.45) is 8.77. The molecule has 0 bridgehead atoms. The highest BCUT2D eigenvalue weighted by molar-refractivity contribution is 5.33. The van der Waals surface area contributed by atoms with Gasteiger partial charge in [0.1, 0.15) is 5.82 Å². The number of aromatic nitrogens is 1. The number of nitrogens with one attached hydrogen (secondary N) is 1. The van der Waals surface area contributed by atoms with Crippen LogP contribution in [0.3, 0.4) is 0 Å². The van der Waals surface area contributed by atoms with Gasteiger partial charge in [0, 0.05) is 18.8 Å². The molecule has 2 aliphatic heterocycles. The third kappa shape index (κ3) is 3.93. The van der Waals surface area contributed by atoms with E-state index in [0.717, 1.165) is 18.4 Å². The Hall–Kier alpha value is -1.17. The summed E-state index contributed by atoms with van der Waals surface area (Å²) in [5.74, 6) is 6.07. The van der Waals surface area contributed by atoms with Crippen LogP contribution in [0.25, 0.3) is 0 Å². The lowest BCUT2D eigenvalue weighted by Gasteiger charge is -2.40. The first kappa shape index (κ1) is 14.8. The first-order chi connectivity index (χ1) is 10.3. The lowest BCUT2D eigenvalue weighted by molar-refractivity contribution is 0.0896. The number of hydrazine groups is 1. The Bertz CT molecular complexity index is 419. The minimum absolute atomic E-state index is 0.725. The topological polar surface area (TPSA) is 57.4 Å². The van der Waals surface area contributed by atoms with Crippen LogP contribution in [0.4, 0.5) is 5.82 Å². The predicted molar refractivity (Wildman–Crippen MR) is 85.8 cm³/mol. The summed E-state index contributed by atoms with van der Waals surface area (Å²) in [6, 6.07) is 4.87. The summed E-state index contributed by atoms with van der Waals surface area (Å²) in [7, 11) is 0. The Morgan fingerprint density at radius 2 is 1.86 bits per heavy atom. The SMILES string of the molecule is NNc1ccc(CN2CCC(N3CCCCC3)CC2)cn1. The molecule has 1 aromatic heterocycles. The van der Waals surface area contributed by atoms with E-state index in [4.69, 9.17) is 5.84 Å². The number of piperidine rings is 2. The van der Waals surface area contributed by atoms with Crippen molar-refractivity contribution in [2.75, 3.05) is 31.6 Å². The first-order valence-electron chi connectivity index (χ1n) is 8.23. The van der Waals surface area contributed by atoms with E-state index < -0.39 is 0 Å². The van der Waals surface area contributed by atoms with Crippen molar-refractivity contribution in [2.24, 2.45) is 5.84 Å². The second-order valence-electron chi connectivity index (χ2n) is 6.30. The van der Waals surface area contributed by atoms with Crippen LogP contribution in [0.5, 0.6) is 0 Å². The Labute approximate surface area is 127 Å². The molecule has 3 heterocycles. The summed E-state index contributed by atoms with van der Waals surface area (Å²) in [5, 5.41) is 0. The predicted octanol–water partition coefficient (Wildman–Crippen LogP) is 1.82. The molecule has 3 N–H and O–H groups in total. The molecular weight excluding hydrogens is 262 g/mol. The maximum absolute atomic E-state index is 5.34. The fraction of sp³-hybridized carbons (Fsp3) is 0.688. The van der Waals surface area contributed by atoms with E-state index in [-0.39, 0.29) is 0 Å².